The highest BCUT2D eigenvalue weighted by molar-refractivity contribution is 5.55. The molecular formula is C21H20N2. The van der Waals surface area contributed by atoms with Gasteiger partial charge in [0.25, 0.3) is 0 Å². The fraction of sp³-hybridized carbons (Fsp3) is 0.238. The summed E-state index contributed by atoms with van der Waals surface area (Å²) in [6, 6.07) is 14.0. The molecule has 0 unspecified atom stereocenters. The highest BCUT2D eigenvalue weighted by Crippen LogP contribution is 2.21. The van der Waals surface area contributed by atoms with Crippen LogP contribution in [0.15, 0.2) is 36.9 Å². The quantitative estimate of drug-likeness (QED) is 0.801. The van der Waals surface area contributed by atoms with Crippen LogP contribution in [0.4, 0.5) is 0 Å². The number of nitrogens with zero attached hydrogens (tertiary/aromatic N) is 2. The molecule has 0 aliphatic carbocycles. The minimum atomic E-state index is 0.543. The van der Waals surface area contributed by atoms with Crippen LogP contribution in [0, 0.1) is 29.6 Å². The Hall–Kier alpha value is -2.84. The van der Waals surface area contributed by atoms with E-state index in [0.29, 0.717) is 11.1 Å². The third-order valence-electron chi connectivity index (χ3n) is 4.13. The molecule has 0 radical (unpaired) electrons. The number of rotatable bonds is 5. The maximum absolute atomic E-state index is 9.08. The highest BCUT2D eigenvalue weighted by atomic mass is 14.3. The van der Waals surface area contributed by atoms with Crippen molar-refractivity contribution in [3.05, 3.63) is 75.9 Å². The summed E-state index contributed by atoms with van der Waals surface area (Å²) in [6.45, 7) is 8.20. The van der Waals surface area contributed by atoms with Crippen molar-refractivity contribution in [3.63, 3.8) is 0 Å². The van der Waals surface area contributed by atoms with Crippen molar-refractivity contribution in [1.29, 1.82) is 10.5 Å². The zero-order valence-corrected chi connectivity index (χ0v) is 13.7. The molecule has 0 saturated carbocycles. The van der Waals surface area contributed by atoms with Gasteiger partial charge in [0.15, 0.2) is 0 Å². The van der Waals surface area contributed by atoms with Crippen molar-refractivity contribution in [1.82, 2.24) is 0 Å². The van der Waals surface area contributed by atoms with Gasteiger partial charge in [-0.1, -0.05) is 31.7 Å². The first-order valence-electron chi connectivity index (χ1n) is 7.80. The van der Waals surface area contributed by atoms with Gasteiger partial charge < -0.3 is 0 Å². The lowest BCUT2D eigenvalue weighted by Crippen LogP contribution is -1.99. The normalized spacial score (nSPS) is 9.91. The fourth-order valence-corrected chi connectivity index (χ4v) is 2.86. The number of hydrogen-bond donors (Lipinski definition) is 0. The smallest absolute Gasteiger partial charge is 0.0992 e. The first-order valence-corrected chi connectivity index (χ1v) is 7.80. The molecule has 23 heavy (non-hydrogen) atoms. The second kappa shape index (κ2) is 7.43. The number of aryl methyl sites for hydroxylation is 4. The minimum Gasteiger partial charge on any atom is -0.192 e. The predicted molar refractivity (Wildman–Crippen MR) is 93.9 cm³/mol. The molecule has 0 aromatic heterocycles. The minimum absolute atomic E-state index is 0.543. The second-order valence-corrected chi connectivity index (χ2v) is 5.68. The second-order valence-electron chi connectivity index (χ2n) is 5.68. The molecule has 0 N–H and O–H groups in total. The van der Waals surface area contributed by atoms with E-state index < -0.39 is 0 Å². The standard InChI is InChI=1S/C21H20N2/c1-4-19-12-21(20(5-2)8-15(19)3)7-6-16-9-17(13-22)11-18(10-16)14-23/h5,8-12H,2,4,6-7H2,1,3H3. The van der Waals surface area contributed by atoms with Crippen LogP contribution < -0.4 is 0 Å². The largest absolute Gasteiger partial charge is 0.192 e. The average molecular weight is 300 g/mol. The number of benzene rings is 2. The Morgan fingerprint density at radius 1 is 0.957 bits per heavy atom. The van der Waals surface area contributed by atoms with Gasteiger partial charge in [-0.05, 0) is 72.2 Å². The van der Waals surface area contributed by atoms with Crippen molar-refractivity contribution in [2.45, 2.75) is 33.1 Å². The van der Waals surface area contributed by atoms with Crippen LogP contribution >= 0.6 is 0 Å². The van der Waals surface area contributed by atoms with Crippen molar-refractivity contribution in [2.75, 3.05) is 0 Å². The summed E-state index contributed by atoms with van der Waals surface area (Å²) >= 11 is 0. The first kappa shape index (κ1) is 16.5. The maximum Gasteiger partial charge on any atom is 0.0992 e. The van der Waals surface area contributed by atoms with Crippen LogP contribution in [-0.2, 0) is 19.3 Å². The van der Waals surface area contributed by atoms with Crippen LogP contribution in [-0.4, -0.2) is 0 Å². The molecule has 0 heterocycles. The molecule has 2 heteroatoms. The summed E-state index contributed by atoms with van der Waals surface area (Å²) in [5.74, 6) is 0. The molecule has 0 amide bonds. The first-order chi connectivity index (χ1) is 11.1. The summed E-state index contributed by atoms with van der Waals surface area (Å²) in [6.07, 6.45) is 4.58. The lowest BCUT2D eigenvalue weighted by atomic mass is 9.93. The Labute approximate surface area is 138 Å². The topological polar surface area (TPSA) is 47.6 Å². The van der Waals surface area contributed by atoms with E-state index in [2.05, 4.69) is 44.7 Å². The molecule has 114 valence electrons. The fourth-order valence-electron chi connectivity index (χ4n) is 2.86. The van der Waals surface area contributed by atoms with Gasteiger partial charge in [-0.3, -0.25) is 0 Å². The summed E-state index contributed by atoms with van der Waals surface area (Å²) in [5.41, 5.74) is 7.19. The van der Waals surface area contributed by atoms with Gasteiger partial charge in [0.2, 0.25) is 0 Å². The van der Waals surface area contributed by atoms with Crippen molar-refractivity contribution < 1.29 is 0 Å². The molecule has 0 atom stereocenters. The summed E-state index contributed by atoms with van der Waals surface area (Å²) in [5, 5.41) is 18.2. The third-order valence-corrected chi connectivity index (χ3v) is 4.13. The Kier molecular flexibility index (Phi) is 5.34. The van der Waals surface area contributed by atoms with Gasteiger partial charge in [-0.15, -0.1) is 0 Å². The number of hydrogen-bond acceptors (Lipinski definition) is 2. The van der Waals surface area contributed by atoms with Gasteiger partial charge >= 0.3 is 0 Å². The Balaban J connectivity index is 2.29. The maximum atomic E-state index is 9.08. The Morgan fingerprint density at radius 3 is 2.13 bits per heavy atom. The molecule has 0 aliphatic heterocycles. The van der Waals surface area contributed by atoms with E-state index in [4.69, 9.17) is 10.5 Å². The van der Waals surface area contributed by atoms with E-state index in [1.807, 2.05) is 18.2 Å². The molecule has 0 spiro atoms. The van der Waals surface area contributed by atoms with Gasteiger partial charge in [-0.2, -0.15) is 10.5 Å². The zero-order valence-electron chi connectivity index (χ0n) is 13.7. The summed E-state index contributed by atoms with van der Waals surface area (Å²) < 4.78 is 0. The van der Waals surface area contributed by atoms with Crippen LogP contribution in [0.25, 0.3) is 6.08 Å². The molecule has 0 saturated heterocycles. The lowest BCUT2D eigenvalue weighted by molar-refractivity contribution is 0.946. The SMILES string of the molecule is C=Cc1cc(C)c(CC)cc1CCc1cc(C#N)cc(C#N)c1. The van der Waals surface area contributed by atoms with Crippen LogP contribution in [0.5, 0.6) is 0 Å². The highest BCUT2D eigenvalue weighted by Gasteiger charge is 2.07. The third kappa shape index (κ3) is 3.87. The Morgan fingerprint density at radius 2 is 1.61 bits per heavy atom. The van der Waals surface area contributed by atoms with Crippen molar-refractivity contribution in [2.24, 2.45) is 0 Å². The number of nitriles is 2. The van der Waals surface area contributed by atoms with Crippen LogP contribution in [0.3, 0.4) is 0 Å². The van der Waals surface area contributed by atoms with Crippen molar-refractivity contribution >= 4 is 6.08 Å². The molecule has 2 aromatic rings. The van der Waals surface area contributed by atoms with Gasteiger partial charge in [-0.25, -0.2) is 0 Å². The van der Waals surface area contributed by atoms with Gasteiger partial charge in [0.1, 0.15) is 0 Å². The molecule has 2 rings (SSSR count). The summed E-state index contributed by atoms with van der Waals surface area (Å²) in [4.78, 5) is 0. The van der Waals surface area contributed by atoms with E-state index in [-0.39, 0.29) is 0 Å². The average Bonchev–Trinajstić information content (AvgIpc) is 2.59. The molecule has 2 aromatic carbocycles. The van der Waals surface area contributed by atoms with Gasteiger partial charge in [0, 0.05) is 0 Å². The molecule has 0 aliphatic rings. The molecular weight excluding hydrogens is 280 g/mol. The predicted octanol–water partition coefficient (Wildman–Crippen LogP) is 4.73. The lowest BCUT2D eigenvalue weighted by Gasteiger charge is -2.12. The van der Waals surface area contributed by atoms with Crippen LogP contribution in [0.1, 0.15) is 45.9 Å². The zero-order chi connectivity index (χ0) is 16.8. The summed E-state index contributed by atoms with van der Waals surface area (Å²) in [7, 11) is 0. The van der Waals surface area contributed by atoms with E-state index in [1.54, 1.807) is 6.07 Å². The Bertz CT molecular complexity index is 785. The van der Waals surface area contributed by atoms with E-state index in [1.165, 1.54) is 16.7 Å². The molecule has 2 nitrogen and oxygen atoms in total. The van der Waals surface area contributed by atoms with E-state index in [0.717, 1.165) is 30.4 Å². The van der Waals surface area contributed by atoms with E-state index >= 15 is 0 Å². The molecule has 0 bridgehead atoms. The monoisotopic (exact) mass is 300 g/mol. The molecule has 0 fully saturated rings. The van der Waals surface area contributed by atoms with Crippen LogP contribution in [0.2, 0.25) is 0 Å². The van der Waals surface area contributed by atoms with Gasteiger partial charge in [0.05, 0.1) is 23.3 Å². The van der Waals surface area contributed by atoms with Crippen molar-refractivity contribution in [3.8, 4) is 12.1 Å². The van der Waals surface area contributed by atoms with E-state index in [9.17, 15) is 0 Å².